The summed E-state index contributed by atoms with van der Waals surface area (Å²) in [6.07, 6.45) is 4.03. The van der Waals surface area contributed by atoms with Gasteiger partial charge in [0.25, 0.3) is 0 Å². The van der Waals surface area contributed by atoms with Crippen LogP contribution in [0.4, 0.5) is 0 Å². The van der Waals surface area contributed by atoms with Crippen LogP contribution in [-0.2, 0) is 29.0 Å². The number of fused-ring (bicyclic) bond motifs is 5. The van der Waals surface area contributed by atoms with Crippen molar-refractivity contribution >= 4 is 27.4 Å². The van der Waals surface area contributed by atoms with Gasteiger partial charge in [0.05, 0.1) is 10.1 Å². The molecule has 0 aromatic heterocycles. The molecule has 0 radical (unpaired) electrons. The molecule has 4 saturated carbocycles. The fraction of sp³-hybridized carbons (Fsp3) is 0.710. The standard InChI is InChI=1S/C31H42O7S/c1-18-6-9-23(10-7-18)39(36,37)26-16-30(5)25(14-19(2)31(30,35)27(34)17-38-20(3)32)24-11-8-21-15-22(33)12-13-29(21,4)28(24)26/h6-7,9-10,19,21,24-26,28,35H,8,11-17H2,1-5H3/t19-,21+,24+,25+,26-,28-,29+,30+,31+/m1/s1. The van der Waals surface area contributed by atoms with Gasteiger partial charge in [0, 0.05) is 25.2 Å². The summed E-state index contributed by atoms with van der Waals surface area (Å²) in [5, 5.41) is 11.4. The van der Waals surface area contributed by atoms with Gasteiger partial charge in [0.15, 0.2) is 16.4 Å². The number of carbonyl (C=O) groups excluding carboxylic acids is 3. The number of ketones is 2. The summed E-state index contributed by atoms with van der Waals surface area (Å²) in [5.41, 5.74) is -2.15. The fourth-order valence-corrected chi connectivity index (χ4v) is 11.9. The van der Waals surface area contributed by atoms with Gasteiger partial charge in [-0.1, -0.05) is 38.5 Å². The molecule has 5 rings (SSSR count). The summed E-state index contributed by atoms with van der Waals surface area (Å²) in [4.78, 5) is 37.8. The van der Waals surface area contributed by atoms with Crippen molar-refractivity contribution in [1.29, 1.82) is 0 Å². The van der Waals surface area contributed by atoms with Crippen LogP contribution in [0.2, 0.25) is 0 Å². The monoisotopic (exact) mass is 558 g/mol. The van der Waals surface area contributed by atoms with Gasteiger partial charge < -0.3 is 9.84 Å². The molecule has 1 N–H and O–H groups in total. The molecule has 4 aliphatic carbocycles. The highest BCUT2D eigenvalue weighted by atomic mass is 32.2. The van der Waals surface area contributed by atoms with Crippen molar-refractivity contribution in [2.45, 2.75) is 95.3 Å². The summed E-state index contributed by atoms with van der Waals surface area (Å²) >= 11 is 0. The van der Waals surface area contributed by atoms with Gasteiger partial charge in [0.1, 0.15) is 11.4 Å². The maximum atomic E-state index is 14.5. The lowest BCUT2D eigenvalue weighted by Crippen LogP contribution is -2.65. The van der Waals surface area contributed by atoms with E-state index in [0.717, 1.165) is 18.4 Å². The molecular weight excluding hydrogens is 516 g/mol. The molecule has 8 heteroatoms. The molecule has 0 bridgehead atoms. The summed E-state index contributed by atoms with van der Waals surface area (Å²) in [7, 11) is -3.84. The number of benzene rings is 1. The molecule has 4 aliphatic rings. The van der Waals surface area contributed by atoms with Crippen molar-refractivity contribution in [2.24, 2.45) is 40.4 Å². The number of aryl methyl sites for hydroxylation is 1. The lowest BCUT2D eigenvalue weighted by molar-refractivity contribution is -0.179. The number of ether oxygens (including phenoxy) is 1. The molecule has 0 heterocycles. The number of Topliss-reactive ketones (excluding diaryl/α,β-unsaturated/α-hetero) is 2. The van der Waals surface area contributed by atoms with Gasteiger partial charge in [-0.2, -0.15) is 0 Å². The Bertz CT molecular complexity index is 1290. The zero-order valence-electron chi connectivity index (χ0n) is 23.7. The SMILES string of the molecule is CC(=O)OCC(=O)[C@@]1(O)[C@H](C)C[C@H]2[C@@H]3CC[C@H]4CC(=O)CC[C@]4(C)[C@H]3[C@H](S(=O)(=O)c3ccc(C)cc3)C[C@@]21C. The van der Waals surface area contributed by atoms with E-state index in [4.69, 9.17) is 4.74 Å². The molecule has 9 atom stereocenters. The Morgan fingerprint density at radius 3 is 2.44 bits per heavy atom. The number of aliphatic hydroxyl groups is 1. The molecule has 0 spiro atoms. The largest absolute Gasteiger partial charge is 0.458 e. The van der Waals surface area contributed by atoms with E-state index in [2.05, 4.69) is 6.92 Å². The first-order valence-electron chi connectivity index (χ1n) is 14.4. The maximum absolute atomic E-state index is 14.5. The highest BCUT2D eigenvalue weighted by molar-refractivity contribution is 7.92. The maximum Gasteiger partial charge on any atom is 0.303 e. The molecule has 0 aliphatic heterocycles. The predicted octanol–water partition coefficient (Wildman–Crippen LogP) is 4.47. The molecule has 0 saturated heterocycles. The number of rotatable bonds is 5. The molecule has 39 heavy (non-hydrogen) atoms. The summed E-state index contributed by atoms with van der Waals surface area (Å²) in [6, 6.07) is 6.94. The van der Waals surface area contributed by atoms with Crippen LogP contribution in [0.1, 0.15) is 78.2 Å². The third-order valence-electron chi connectivity index (χ3n) is 11.6. The van der Waals surface area contributed by atoms with Crippen LogP contribution in [0.5, 0.6) is 0 Å². The Morgan fingerprint density at radius 1 is 1.13 bits per heavy atom. The second kappa shape index (κ2) is 9.51. The minimum Gasteiger partial charge on any atom is -0.458 e. The average Bonchev–Trinajstić information content (AvgIpc) is 3.08. The summed E-state index contributed by atoms with van der Waals surface area (Å²) in [5.74, 6) is -1.38. The van der Waals surface area contributed by atoms with Crippen LogP contribution in [0.3, 0.4) is 0 Å². The van der Waals surface area contributed by atoms with Crippen molar-refractivity contribution in [2.75, 3.05) is 6.61 Å². The number of sulfone groups is 1. The number of hydrogen-bond acceptors (Lipinski definition) is 7. The second-order valence-electron chi connectivity index (χ2n) is 13.4. The molecule has 1 aromatic carbocycles. The summed E-state index contributed by atoms with van der Waals surface area (Å²) < 4.78 is 34.1. The molecule has 7 nitrogen and oxygen atoms in total. The Balaban J connectivity index is 1.65. The Morgan fingerprint density at radius 2 is 1.79 bits per heavy atom. The van der Waals surface area contributed by atoms with Crippen LogP contribution < -0.4 is 0 Å². The van der Waals surface area contributed by atoms with Gasteiger partial charge in [-0.15, -0.1) is 0 Å². The Kier molecular flexibility index (Phi) is 6.94. The van der Waals surface area contributed by atoms with Crippen molar-refractivity contribution in [3.05, 3.63) is 29.8 Å². The van der Waals surface area contributed by atoms with E-state index in [-0.39, 0.29) is 46.2 Å². The quantitative estimate of drug-likeness (QED) is 0.530. The first kappa shape index (κ1) is 28.5. The van der Waals surface area contributed by atoms with Crippen molar-refractivity contribution < 1.29 is 32.6 Å². The minimum absolute atomic E-state index is 0.00132. The fourth-order valence-electron chi connectivity index (χ4n) is 9.54. The van der Waals surface area contributed by atoms with Gasteiger partial charge in [-0.05, 0) is 86.2 Å². The minimum atomic E-state index is -3.84. The average molecular weight is 559 g/mol. The topological polar surface area (TPSA) is 115 Å². The van der Waals surface area contributed by atoms with Crippen molar-refractivity contribution in [3.63, 3.8) is 0 Å². The summed E-state index contributed by atoms with van der Waals surface area (Å²) in [6.45, 7) is 8.56. The van der Waals surface area contributed by atoms with E-state index in [0.29, 0.717) is 25.7 Å². The van der Waals surface area contributed by atoms with Crippen LogP contribution in [0.15, 0.2) is 29.2 Å². The van der Waals surface area contributed by atoms with Gasteiger partial charge in [-0.3, -0.25) is 14.4 Å². The molecular formula is C31H42O7S. The van der Waals surface area contributed by atoms with E-state index >= 15 is 0 Å². The number of carbonyl (C=O) groups is 3. The Labute approximate surface area is 232 Å². The highest BCUT2D eigenvalue weighted by Crippen LogP contribution is 2.70. The van der Waals surface area contributed by atoms with Crippen molar-refractivity contribution in [3.8, 4) is 0 Å². The van der Waals surface area contributed by atoms with Gasteiger partial charge in [0.2, 0.25) is 5.78 Å². The van der Waals surface area contributed by atoms with Crippen LogP contribution in [0.25, 0.3) is 0 Å². The predicted molar refractivity (Wildman–Crippen MR) is 145 cm³/mol. The lowest BCUT2D eigenvalue weighted by atomic mass is 9.44. The molecule has 4 fully saturated rings. The third-order valence-corrected chi connectivity index (χ3v) is 13.7. The van der Waals surface area contributed by atoms with Crippen molar-refractivity contribution in [1.82, 2.24) is 0 Å². The molecule has 214 valence electrons. The molecule has 1 aromatic rings. The number of hydrogen-bond donors (Lipinski definition) is 1. The van der Waals surface area contributed by atoms with Crippen LogP contribution in [-0.4, -0.2) is 48.5 Å². The normalized spacial score (nSPS) is 41.7. The third kappa shape index (κ3) is 4.14. The van der Waals surface area contributed by atoms with Gasteiger partial charge >= 0.3 is 5.97 Å². The molecule has 0 amide bonds. The first-order valence-corrected chi connectivity index (χ1v) is 15.9. The van der Waals surface area contributed by atoms with E-state index in [1.54, 1.807) is 24.3 Å². The van der Waals surface area contributed by atoms with Crippen LogP contribution in [0, 0.1) is 47.3 Å². The molecule has 0 unspecified atom stereocenters. The van der Waals surface area contributed by atoms with E-state index in [1.165, 1.54) is 6.92 Å². The Hall–Kier alpha value is -2.06. The zero-order valence-corrected chi connectivity index (χ0v) is 24.6. The van der Waals surface area contributed by atoms with E-state index < -0.39 is 50.4 Å². The second-order valence-corrected chi connectivity index (χ2v) is 15.6. The zero-order chi connectivity index (χ0) is 28.5. The lowest BCUT2D eigenvalue weighted by Gasteiger charge is -2.63. The van der Waals surface area contributed by atoms with E-state index in [9.17, 15) is 27.9 Å². The van der Waals surface area contributed by atoms with E-state index in [1.807, 2.05) is 20.8 Å². The van der Waals surface area contributed by atoms with Crippen LogP contribution >= 0.6 is 0 Å². The number of esters is 1. The highest BCUT2D eigenvalue weighted by Gasteiger charge is 2.72. The van der Waals surface area contributed by atoms with Gasteiger partial charge in [-0.25, -0.2) is 8.42 Å². The first-order chi connectivity index (χ1) is 18.2. The smallest absolute Gasteiger partial charge is 0.303 e.